The predicted octanol–water partition coefficient (Wildman–Crippen LogP) is 3.96. The topological polar surface area (TPSA) is 59.0 Å². The van der Waals surface area contributed by atoms with E-state index in [1.54, 1.807) is 24.3 Å². The number of rotatable bonds is 10. The van der Waals surface area contributed by atoms with Crippen molar-refractivity contribution in [1.82, 2.24) is 4.90 Å². The second-order valence-corrected chi connectivity index (χ2v) is 7.94. The van der Waals surface area contributed by atoms with Crippen LogP contribution in [0.25, 0.3) is 0 Å². The van der Waals surface area contributed by atoms with Gasteiger partial charge >= 0.3 is 0 Å². The maximum absolute atomic E-state index is 11.4. The van der Waals surface area contributed by atoms with Crippen LogP contribution in [0.15, 0.2) is 48.5 Å². The van der Waals surface area contributed by atoms with Crippen LogP contribution in [0.3, 0.4) is 0 Å². The molecule has 3 rings (SSSR count). The van der Waals surface area contributed by atoms with Crippen LogP contribution in [-0.2, 0) is 11.3 Å². The Morgan fingerprint density at radius 2 is 1.97 bits per heavy atom. The monoisotopic (exact) mass is 417 g/mol. The smallest absolute Gasteiger partial charge is 0.159 e. The van der Waals surface area contributed by atoms with E-state index in [4.69, 9.17) is 21.1 Å². The molecule has 5 nitrogen and oxygen atoms in total. The molecule has 1 heterocycles. The van der Waals surface area contributed by atoms with Gasteiger partial charge in [0, 0.05) is 36.8 Å². The maximum atomic E-state index is 11.4. The summed E-state index contributed by atoms with van der Waals surface area (Å²) < 4.78 is 11.5. The molecule has 1 fully saturated rings. The van der Waals surface area contributed by atoms with Crippen LogP contribution in [0.5, 0.6) is 5.75 Å². The fourth-order valence-corrected chi connectivity index (χ4v) is 3.58. The van der Waals surface area contributed by atoms with Crippen molar-refractivity contribution >= 4 is 17.4 Å². The second-order valence-electron chi connectivity index (χ2n) is 7.50. The van der Waals surface area contributed by atoms with E-state index in [0.717, 1.165) is 31.6 Å². The van der Waals surface area contributed by atoms with Gasteiger partial charge in [-0.25, -0.2) is 0 Å². The SMILES string of the molecule is CC(=O)c1ccc(OCC(O)CN(Cc2ccc(Cl)cc2)CC2CCCO2)cc1. The van der Waals surface area contributed by atoms with Crippen LogP contribution in [0.2, 0.25) is 5.02 Å². The molecule has 2 atom stereocenters. The van der Waals surface area contributed by atoms with E-state index in [9.17, 15) is 9.90 Å². The highest BCUT2D eigenvalue weighted by Gasteiger charge is 2.21. The van der Waals surface area contributed by atoms with Crippen molar-refractivity contribution in [2.75, 3.05) is 26.3 Å². The van der Waals surface area contributed by atoms with Crippen LogP contribution >= 0.6 is 11.6 Å². The molecule has 2 aromatic rings. The quantitative estimate of drug-likeness (QED) is 0.593. The number of hydrogen-bond donors (Lipinski definition) is 1. The van der Waals surface area contributed by atoms with Crippen LogP contribution in [0.1, 0.15) is 35.7 Å². The number of ether oxygens (including phenoxy) is 2. The fourth-order valence-electron chi connectivity index (χ4n) is 3.46. The largest absolute Gasteiger partial charge is 0.491 e. The van der Waals surface area contributed by atoms with Crippen molar-refractivity contribution in [3.63, 3.8) is 0 Å². The van der Waals surface area contributed by atoms with Gasteiger partial charge in [-0.3, -0.25) is 9.69 Å². The molecule has 0 bridgehead atoms. The number of halogens is 1. The zero-order valence-electron chi connectivity index (χ0n) is 16.7. The Morgan fingerprint density at radius 3 is 2.59 bits per heavy atom. The third-order valence-electron chi connectivity index (χ3n) is 4.98. The number of carbonyl (C=O) groups is 1. The summed E-state index contributed by atoms with van der Waals surface area (Å²) in [5, 5.41) is 11.2. The first-order chi connectivity index (χ1) is 14.0. The van der Waals surface area contributed by atoms with E-state index in [0.29, 0.717) is 29.4 Å². The number of Topliss-reactive ketones (excluding diaryl/α,β-unsaturated/α-hetero) is 1. The average molecular weight is 418 g/mol. The number of hydrogen-bond acceptors (Lipinski definition) is 5. The molecule has 0 radical (unpaired) electrons. The van der Waals surface area contributed by atoms with Crippen molar-refractivity contribution < 1.29 is 19.4 Å². The Hall–Kier alpha value is -1.92. The summed E-state index contributed by atoms with van der Waals surface area (Å²) in [4.78, 5) is 13.6. The average Bonchev–Trinajstić information content (AvgIpc) is 3.21. The van der Waals surface area contributed by atoms with E-state index in [1.807, 2.05) is 24.3 Å². The Kier molecular flexibility index (Phi) is 8.07. The molecule has 1 aliphatic rings. The molecule has 1 N–H and O–H groups in total. The van der Waals surface area contributed by atoms with Crippen LogP contribution in [0.4, 0.5) is 0 Å². The molecule has 0 aromatic heterocycles. The van der Waals surface area contributed by atoms with Crippen molar-refractivity contribution in [3.8, 4) is 5.75 Å². The van der Waals surface area contributed by atoms with Gasteiger partial charge in [-0.1, -0.05) is 23.7 Å². The number of aliphatic hydroxyl groups excluding tert-OH is 1. The van der Waals surface area contributed by atoms with Gasteiger partial charge in [0.15, 0.2) is 5.78 Å². The first-order valence-corrected chi connectivity index (χ1v) is 10.4. The van der Waals surface area contributed by atoms with E-state index < -0.39 is 6.10 Å². The molecule has 6 heteroatoms. The lowest BCUT2D eigenvalue weighted by Gasteiger charge is -2.27. The Bertz CT molecular complexity index is 772. The highest BCUT2D eigenvalue weighted by molar-refractivity contribution is 6.30. The molecule has 156 valence electrons. The van der Waals surface area contributed by atoms with Crippen molar-refractivity contribution in [2.45, 2.75) is 38.5 Å². The maximum Gasteiger partial charge on any atom is 0.159 e. The van der Waals surface area contributed by atoms with E-state index in [1.165, 1.54) is 6.92 Å². The van der Waals surface area contributed by atoms with Crippen molar-refractivity contribution in [2.24, 2.45) is 0 Å². The predicted molar refractivity (Wildman–Crippen MR) is 114 cm³/mol. The third kappa shape index (κ3) is 7.12. The van der Waals surface area contributed by atoms with Crippen molar-refractivity contribution in [3.05, 3.63) is 64.7 Å². The molecule has 1 aliphatic heterocycles. The minimum Gasteiger partial charge on any atom is -0.491 e. The van der Waals surface area contributed by atoms with E-state index in [2.05, 4.69) is 4.90 Å². The summed E-state index contributed by atoms with van der Waals surface area (Å²) in [6.45, 7) is 4.48. The Balaban J connectivity index is 1.55. The lowest BCUT2D eigenvalue weighted by Crippen LogP contribution is -2.39. The minimum atomic E-state index is -0.642. The van der Waals surface area contributed by atoms with Gasteiger partial charge < -0.3 is 14.6 Å². The molecule has 2 unspecified atom stereocenters. The molecular formula is C23H28ClNO4. The summed E-state index contributed by atoms with van der Waals surface area (Å²) in [5.74, 6) is 0.654. The van der Waals surface area contributed by atoms with Gasteiger partial charge in [-0.15, -0.1) is 0 Å². The number of benzene rings is 2. The highest BCUT2D eigenvalue weighted by Crippen LogP contribution is 2.17. The second kappa shape index (κ2) is 10.7. The van der Waals surface area contributed by atoms with E-state index in [-0.39, 0.29) is 18.5 Å². The minimum absolute atomic E-state index is 0.0172. The van der Waals surface area contributed by atoms with Crippen LogP contribution < -0.4 is 4.74 Å². The lowest BCUT2D eigenvalue weighted by atomic mass is 10.1. The first-order valence-electron chi connectivity index (χ1n) is 10.00. The zero-order valence-corrected chi connectivity index (χ0v) is 17.5. The normalized spacial score (nSPS) is 17.4. The van der Waals surface area contributed by atoms with Gasteiger partial charge in [0.05, 0.1) is 6.10 Å². The molecule has 0 saturated carbocycles. The van der Waals surface area contributed by atoms with Crippen LogP contribution in [0, 0.1) is 0 Å². The summed E-state index contributed by atoms with van der Waals surface area (Å²) >= 11 is 5.99. The Labute approximate surface area is 177 Å². The lowest BCUT2D eigenvalue weighted by molar-refractivity contribution is 0.0313. The number of ketones is 1. The molecule has 0 amide bonds. The molecule has 1 saturated heterocycles. The third-order valence-corrected chi connectivity index (χ3v) is 5.23. The molecule has 2 aromatic carbocycles. The number of aliphatic hydroxyl groups is 1. The summed E-state index contributed by atoms with van der Waals surface area (Å²) in [6, 6.07) is 14.7. The standard InChI is InChI=1S/C23H28ClNO4/c1-17(26)19-6-10-22(11-7-19)29-16-21(27)14-25(15-23-3-2-12-28-23)13-18-4-8-20(24)9-5-18/h4-11,21,23,27H,2-3,12-16H2,1H3. The molecule has 0 spiro atoms. The van der Waals surface area contributed by atoms with Gasteiger partial charge in [0.2, 0.25) is 0 Å². The summed E-state index contributed by atoms with van der Waals surface area (Å²) in [6.07, 6.45) is 1.69. The molecule has 29 heavy (non-hydrogen) atoms. The number of nitrogens with zero attached hydrogens (tertiary/aromatic N) is 1. The summed E-state index contributed by atoms with van der Waals surface area (Å²) in [5.41, 5.74) is 1.78. The fraction of sp³-hybridized carbons (Fsp3) is 0.435. The van der Waals surface area contributed by atoms with Crippen LogP contribution in [-0.4, -0.2) is 54.3 Å². The van der Waals surface area contributed by atoms with Gasteiger partial charge in [-0.2, -0.15) is 0 Å². The zero-order chi connectivity index (χ0) is 20.6. The van der Waals surface area contributed by atoms with Gasteiger partial charge in [0.1, 0.15) is 18.5 Å². The molecule has 0 aliphatic carbocycles. The van der Waals surface area contributed by atoms with Crippen molar-refractivity contribution in [1.29, 1.82) is 0 Å². The number of carbonyl (C=O) groups excluding carboxylic acids is 1. The Morgan fingerprint density at radius 1 is 1.24 bits per heavy atom. The first kappa shape index (κ1) is 21.8. The van der Waals surface area contributed by atoms with Gasteiger partial charge in [0.25, 0.3) is 0 Å². The van der Waals surface area contributed by atoms with Gasteiger partial charge in [-0.05, 0) is 61.7 Å². The highest BCUT2D eigenvalue weighted by atomic mass is 35.5. The van der Waals surface area contributed by atoms with E-state index >= 15 is 0 Å². The molecular weight excluding hydrogens is 390 g/mol. The summed E-state index contributed by atoms with van der Waals surface area (Å²) in [7, 11) is 0.